The largest absolute Gasteiger partial charge is 0.313 e. The van der Waals surface area contributed by atoms with Crippen LogP contribution in [0.25, 0.3) is 17.2 Å². The van der Waals surface area contributed by atoms with Crippen molar-refractivity contribution in [3.8, 4) is 11.1 Å². The molecule has 0 aromatic heterocycles. The van der Waals surface area contributed by atoms with Crippen molar-refractivity contribution < 1.29 is 9.59 Å². The van der Waals surface area contributed by atoms with Gasteiger partial charge < -0.3 is 4.90 Å². The van der Waals surface area contributed by atoms with E-state index in [9.17, 15) is 9.59 Å². The van der Waals surface area contributed by atoms with E-state index >= 15 is 0 Å². The van der Waals surface area contributed by atoms with Crippen molar-refractivity contribution in [2.24, 2.45) is 0 Å². The quantitative estimate of drug-likeness (QED) is 0.573. The minimum Gasteiger partial charge on any atom is -0.313 e. The fourth-order valence-electron chi connectivity index (χ4n) is 4.05. The smallest absolute Gasteiger partial charge is 0.253 e. The molecule has 0 fully saturated rings. The molecule has 31 heavy (non-hydrogen) atoms. The normalized spacial score (nSPS) is 15.4. The highest BCUT2D eigenvalue weighted by molar-refractivity contribution is 6.09. The van der Waals surface area contributed by atoms with Gasteiger partial charge in [0.25, 0.3) is 5.91 Å². The number of hydrogen-bond acceptors (Lipinski definition) is 2. The minimum atomic E-state index is -0.700. The van der Waals surface area contributed by atoms with Gasteiger partial charge in [-0.3, -0.25) is 14.5 Å². The summed E-state index contributed by atoms with van der Waals surface area (Å²) in [6.45, 7) is 3.90. The first-order valence-corrected chi connectivity index (χ1v) is 10.5. The second kappa shape index (κ2) is 8.60. The highest BCUT2D eigenvalue weighted by atomic mass is 16.2. The van der Waals surface area contributed by atoms with Crippen LogP contribution in [0.15, 0.2) is 78.9 Å². The summed E-state index contributed by atoms with van der Waals surface area (Å²) < 4.78 is 0. The zero-order valence-electron chi connectivity index (χ0n) is 18.1. The van der Waals surface area contributed by atoms with Crippen molar-refractivity contribution in [1.82, 2.24) is 0 Å². The Hall–Kier alpha value is -3.66. The van der Waals surface area contributed by atoms with E-state index in [0.29, 0.717) is 12.1 Å². The molecule has 0 bridgehead atoms. The molecule has 0 radical (unpaired) electrons. The van der Waals surface area contributed by atoms with Gasteiger partial charge in [-0.05, 0) is 47.4 Å². The van der Waals surface area contributed by atoms with E-state index in [0.717, 1.165) is 22.4 Å². The maximum atomic E-state index is 13.4. The van der Waals surface area contributed by atoms with Crippen LogP contribution in [-0.2, 0) is 9.59 Å². The third kappa shape index (κ3) is 3.89. The lowest BCUT2D eigenvalue weighted by Crippen LogP contribution is -2.49. The number of anilines is 2. The third-order valence-corrected chi connectivity index (χ3v) is 5.79. The molecule has 4 nitrogen and oxygen atoms in total. The lowest BCUT2D eigenvalue weighted by atomic mass is 10.00. The molecular weight excluding hydrogens is 384 g/mol. The maximum Gasteiger partial charge on any atom is 0.253 e. The van der Waals surface area contributed by atoms with E-state index in [4.69, 9.17) is 0 Å². The molecule has 3 aromatic carbocycles. The first-order valence-electron chi connectivity index (χ1n) is 10.5. The second-order valence-corrected chi connectivity index (χ2v) is 7.74. The van der Waals surface area contributed by atoms with Crippen molar-refractivity contribution in [3.63, 3.8) is 0 Å². The van der Waals surface area contributed by atoms with Crippen molar-refractivity contribution in [3.05, 3.63) is 90.0 Å². The van der Waals surface area contributed by atoms with Crippen LogP contribution in [0.2, 0.25) is 0 Å². The molecule has 0 unspecified atom stereocenters. The number of hydrogen-bond donors (Lipinski definition) is 0. The van der Waals surface area contributed by atoms with Crippen molar-refractivity contribution >= 4 is 29.3 Å². The van der Waals surface area contributed by atoms with E-state index in [1.54, 1.807) is 16.8 Å². The second-order valence-electron chi connectivity index (χ2n) is 7.74. The fraction of sp³-hybridized carbons (Fsp3) is 0.185. The minimum absolute atomic E-state index is 0.0917. The molecule has 4 heteroatoms. The Morgan fingerprint density at radius 2 is 1.65 bits per heavy atom. The van der Waals surface area contributed by atoms with Crippen LogP contribution in [0.3, 0.4) is 0 Å². The van der Waals surface area contributed by atoms with E-state index in [1.807, 2.05) is 79.7 Å². The standard InChI is InChI=1S/C27H26N2O2/c1-4-26(30)29(22-16-13-20(14-17-22)23-11-7-5-9-19(23)2)25-18-15-21-10-6-8-12-24(21)28(3)27(25)31/h5-18,25H,4H2,1-3H3/t25-/m1/s1. The van der Waals surface area contributed by atoms with E-state index in [-0.39, 0.29) is 11.8 Å². The average molecular weight is 411 g/mol. The SMILES string of the molecule is CCC(=O)N(c1ccc(-c2ccccc2C)cc1)[C@@H]1C=Cc2ccccc2N(C)C1=O. The van der Waals surface area contributed by atoms with E-state index in [2.05, 4.69) is 19.1 Å². The Bertz CT molecular complexity index is 1150. The summed E-state index contributed by atoms with van der Waals surface area (Å²) in [5.74, 6) is -0.225. The summed E-state index contributed by atoms with van der Waals surface area (Å²) in [6, 6.07) is 23.1. The van der Waals surface area contributed by atoms with Crippen LogP contribution in [0.4, 0.5) is 11.4 Å². The Morgan fingerprint density at radius 1 is 0.968 bits per heavy atom. The predicted octanol–water partition coefficient (Wildman–Crippen LogP) is 5.46. The molecule has 1 heterocycles. The van der Waals surface area contributed by atoms with Crippen LogP contribution in [0, 0.1) is 6.92 Å². The van der Waals surface area contributed by atoms with Gasteiger partial charge in [0.1, 0.15) is 6.04 Å². The average Bonchev–Trinajstić information content (AvgIpc) is 2.92. The zero-order chi connectivity index (χ0) is 22.0. The van der Waals surface area contributed by atoms with Gasteiger partial charge in [-0.2, -0.15) is 0 Å². The van der Waals surface area contributed by atoms with Gasteiger partial charge >= 0.3 is 0 Å². The van der Waals surface area contributed by atoms with Gasteiger partial charge in [0, 0.05) is 19.2 Å². The van der Waals surface area contributed by atoms with Gasteiger partial charge in [0.2, 0.25) is 5.91 Å². The number of carbonyl (C=O) groups excluding carboxylic acids is 2. The topological polar surface area (TPSA) is 40.6 Å². The Balaban J connectivity index is 1.73. The molecule has 1 aliphatic rings. The molecule has 3 aromatic rings. The molecular formula is C27H26N2O2. The lowest BCUT2D eigenvalue weighted by Gasteiger charge is -2.31. The molecule has 0 aliphatic carbocycles. The number of rotatable bonds is 4. The van der Waals surface area contributed by atoms with Gasteiger partial charge in [-0.15, -0.1) is 0 Å². The summed E-state index contributed by atoms with van der Waals surface area (Å²) in [4.78, 5) is 29.6. The van der Waals surface area contributed by atoms with Crippen molar-refractivity contribution in [2.45, 2.75) is 26.3 Å². The van der Waals surface area contributed by atoms with Gasteiger partial charge in [0.05, 0.1) is 5.69 Å². The maximum absolute atomic E-state index is 13.4. The Morgan fingerprint density at radius 3 is 2.35 bits per heavy atom. The zero-order valence-corrected chi connectivity index (χ0v) is 18.1. The number of aryl methyl sites for hydroxylation is 1. The molecule has 1 aliphatic heterocycles. The highest BCUT2D eigenvalue weighted by Gasteiger charge is 2.33. The molecule has 2 amide bonds. The first-order chi connectivity index (χ1) is 15.0. The summed E-state index contributed by atoms with van der Waals surface area (Å²) in [6.07, 6.45) is 4.07. The molecule has 0 spiro atoms. The molecule has 0 saturated carbocycles. The third-order valence-electron chi connectivity index (χ3n) is 5.79. The number of para-hydroxylation sites is 1. The summed E-state index contributed by atoms with van der Waals surface area (Å²) in [7, 11) is 1.76. The monoisotopic (exact) mass is 410 g/mol. The number of likely N-dealkylation sites (N-methyl/N-ethyl adjacent to an activating group) is 1. The van der Waals surface area contributed by atoms with Gasteiger partial charge in [0.15, 0.2) is 0 Å². The van der Waals surface area contributed by atoms with E-state index in [1.165, 1.54) is 5.56 Å². The summed E-state index contributed by atoms with van der Waals surface area (Å²) in [5.41, 5.74) is 5.94. The van der Waals surface area contributed by atoms with Crippen LogP contribution in [-0.4, -0.2) is 24.9 Å². The number of carbonyl (C=O) groups is 2. The van der Waals surface area contributed by atoms with Gasteiger partial charge in [-0.1, -0.05) is 73.7 Å². The summed E-state index contributed by atoms with van der Waals surface area (Å²) in [5, 5.41) is 0. The Labute approximate surface area is 183 Å². The van der Waals surface area contributed by atoms with Crippen molar-refractivity contribution in [1.29, 1.82) is 0 Å². The molecule has 0 N–H and O–H groups in total. The molecule has 156 valence electrons. The number of benzene rings is 3. The van der Waals surface area contributed by atoms with Crippen LogP contribution in [0.5, 0.6) is 0 Å². The molecule has 0 saturated heterocycles. The number of fused-ring (bicyclic) bond motifs is 1. The van der Waals surface area contributed by atoms with E-state index < -0.39 is 6.04 Å². The predicted molar refractivity (Wildman–Crippen MR) is 127 cm³/mol. The first kappa shape index (κ1) is 20.6. The lowest BCUT2D eigenvalue weighted by molar-refractivity contribution is -0.123. The molecule has 4 rings (SSSR count). The van der Waals surface area contributed by atoms with Crippen molar-refractivity contribution in [2.75, 3.05) is 16.8 Å². The highest BCUT2D eigenvalue weighted by Crippen LogP contribution is 2.30. The van der Waals surface area contributed by atoms with Crippen LogP contribution in [0.1, 0.15) is 24.5 Å². The Kier molecular flexibility index (Phi) is 5.72. The molecule has 1 atom stereocenters. The van der Waals surface area contributed by atoms with Crippen LogP contribution >= 0.6 is 0 Å². The van der Waals surface area contributed by atoms with Gasteiger partial charge in [-0.25, -0.2) is 0 Å². The number of amides is 2. The summed E-state index contributed by atoms with van der Waals surface area (Å²) >= 11 is 0. The fourth-order valence-corrected chi connectivity index (χ4v) is 4.05. The number of nitrogens with zero attached hydrogens (tertiary/aromatic N) is 2. The van der Waals surface area contributed by atoms with Crippen LogP contribution < -0.4 is 9.80 Å².